The van der Waals surface area contributed by atoms with Gasteiger partial charge >= 0.3 is 5.97 Å². The van der Waals surface area contributed by atoms with Gasteiger partial charge in [0.1, 0.15) is 18.1 Å². The van der Waals surface area contributed by atoms with Crippen molar-refractivity contribution >= 4 is 46.4 Å². The van der Waals surface area contributed by atoms with Gasteiger partial charge in [-0.05, 0) is 61.4 Å². The smallest absolute Gasteiger partial charge is 0.338 e. The van der Waals surface area contributed by atoms with Crippen LogP contribution < -0.4 is 10.1 Å². The second kappa shape index (κ2) is 12.2. The zero-order chi connectivity index (χ0) is 25.7. The lowest BCUT2D eigenvalue weighted by Crippen LogP contribution is -2.08. The number of halogens is 1. The largest absolute Gasteiger partial charge is 0.508 e. The first-order valence-corrected chi connectivity index (χ1v) is 11.7. The standard InChI is InChI=1S/C29H28N2O5.ClH/c1-4-6-26(33)24-16-30-27-20(17-36-29(34)19-9-12-22(35-3)13-10-19)7-5-8-23(27)28(24)31-25-14-11-21(32)15-18(25)2;/h5,7-16,32H,4,6,17H2,1-3H3,(H,30,31);1H. The highest BCUT2D eigenvalue weighted by Crippen LogP contribution is 2.33. The first-order valence-electron chi connectivity index (χ1n) is 11.7. The molecule has 7 nitrogen and oxygen atoms in total. The van der Waals surface area contributed by atoms with E-state index in [0.717, 1.165) is 23.1 Å². The normalized spacial score (nSPS) is 10.5. The number of carbonyl (C=O) groups is 2. The van der Waals surface area contributed by atoms with Crippen LogP contribution in [0.5, 0.6) is 11.5 Å². The molecule has 0 saturated heterocycles. The van der Waals surface area contributed by atoms with Gasteiger partial charge in [-0.15, -0.1) is 12.4 Å². The van der Waals surface area contributed by atoms with Gasteiger partial charge in [-0.1, -0.05) is 25.1 Å². The van der Waals surface area contributed by atoms with E-state index in [-0.39, 0.29) is 30.5 Å². The molecule has 0 atom stereocenters. The van der Waals surface area contributed by atoms with Crippen LogP contribution in [-0.2, 0) is 11.3 Å². The van der Waals surface area contributed by atoms with Crippen molar-refractivity contribution < 1.29 is 24.2 Å². The third-order valence-electron chi connectivity index (χ3n) is 5.91. The number of ketones is 1. The van der Waals surface area contributed by atoms with Crippen LogP contribution in [0.3, 0.4) is 0 Å². The van der Waals surface area contributed by atoms with Gasteiger partial charge in [0.05, 0.1) is 29.4 Å². The summed E-state index contributed by atoms with van der Waals surface area (Å²) in [5.74, 6) is 0.354. The first kappa shape index (κ1) is 27.5. The summed E-state index contributed by atoms with van der Waals surface area (Å²) in [5, 5.41) is 13.9. The molecule has 8 heteroatoms. The summed E-state index contributed by atoms with van der Waals surface area (Å²) < 4.78 is 10.7. The number of methoxy groups -OCH3 is 1. The number of carbonyl (C=O) groups excluding carboxylic acids is 2. The molecule has 0 fully saturated rings. The molecule has 1 heterocycles. The third-order valence-corrected chi connectivity index (χ3v) is 5.91. The lowest BCUT2D eigenvalue weighted by Gasteiger charge is -2.17. The first-order chi connectivity index (χ1) is 17.4. The number of ether oxygens (including phenoxy) is 2. The van der Waals surface area contributed by atoms with E-state index in [2.05, 4.69) is 10.3 Å². The molecule has 0 amide bonds. The number of hydrogen-bond donors (Lipinski definition) is 2. The Bertz CT molecular complexity index is 1420. The number of fused-ring (bicyclic) bond motifs is 1. The third kappa shape index (κ3) is 6.19. The summed E-state index contributed by atoms with van der Waals surface area (Å²) >= 11 is 0. The molecule has 4 rings (SSSR count). The van der Waals surface area contributed by atoms with Crippen molar-refractivity contribution in [1.82, 2.24) is 4.98 Å². The molecule has 0 spiro atoms. The molecule has 2 N–H and O–H groups in total. The van der Waals surface area contributed by atoms with Crippen molar-refractivity contribution in [2.45, 2.75) is 33.3 Å². The van der Waals surface area contributed by atoms with Gasteiger partial charge in [0.25, 0.3) is 0 Å². The maximum atomic E-state index is 12.9. The highest BCUT2D eigenvalue weighted by atomic mass is 35.5. The van der Waals surface area contributed by atoms with Gasteiger partial charge in [-0.3, -0.25) is 9.78 Å². The van der Waals surface area contributed by atoms with Crippen LogP contribution in [0.15, 0.2) is 66.9 Å². The number of rotatable bonds is 9. The number of aryl methyl sites for hydroxylation is 1. The number of nitrogens with zero attached hydrogens (tertiary/aromatic N) is 1. The minimum atomic E-state index is -0.456. The minimum absolute atomic E-state index is 0. The molecule has 0 radical (unpaired) electrons. The van der Waals surface area contributed by atoms with Crippen molar-refractivity contribution in [3.05, 3.63) is 89.1 Å². The number of nitrogens with one attached hydrogen (secondary N) is 1. The second-order valence-electron chi connectivity index (χ2n) is 8.46. The topological polar surface area (TPSA) is 97.8 Å². The number of hydrogen-bond acceptors (Lipinski definition) is 7. The summed E-state index contributed by atoms with van der Waals surface area (Å²) in [5.41, 5.74) is 4.49. The van der Waals surface area contributed by atoms with Gasteiger partial charge in [-0.25, -0.2) is 4.79 Å². The molecule has 0 unspecified atom stereocenters. The fourth-order valence-corrected chi connectivity index (χ4v) is 3.99. The number of aromatic hydroxyl groups is 1. The van der Waals surface area contributed by atoms with E-state index < -0.39 is 5.97 Å². The van der Waals surface area contributed by atoms with Crippen LogP contribution in [0.1, 0.15) is 51.6 Å². The molecule has 0 aliphatic heterocycles. The van der Waals surface area contributed by atoms with Gasteiger partial charge in [0.15, 0.2) is 5.78 Å². The Kier molecular flexibility index (Phi) is 9.09. The van der Waals surface area contributed by atoms with Crippen LogP contribution in [0.2, 0.25) is 0 Å². The highest BCUT2D eigenvalue weighted by molar-refractivity contribution is 6.09. The molecule has 0 bridgehead atoms. The van der Waals surface area contributed by atoms with E-state index >= 15 is 0 Å². The zero-order valence-corrected chi connectivity index (χ0v) is 21.7. The van der Waals surface area contributed by atoms with E-state index in [1.54, 1.807) is 55.8 Å². The second-order valence-corrected chi connectivity index (χ2v) is 8.46. The Morgan fingerprint density at radius 1 is 1.05 bits per heavy atom. The lowest BCUT2D eigenvalue weighted by atomic mass is 10.0. The van der Waals surface area contributed by atoms with E-state index in [4.69, 9.17) is 9.47 Å². The molecule has 0 saturated carbocycles. The lowest BCUT2D eigenvalue weighted by molar-refractivity contribution is 0.0474. The zero-order valence-electron chi connectivity index (χ0n) is 20.9. The summed E-state index contributed by atoms with van der Waals surface area (Å²) in [4.78, 5) is 30.1. The van der Waals surface area contributed by atoms with Crippen LogP contribution in [0.4, 0.5) is 11.4 Å². The van der Waals surface area contributed by atoms with E-state index in [1.807, 2.05) is 32.0 Å². The fourth-order valence-electron chi connectivity index (χ4n) is 3.99. The van der Waals surface area contributed by atoms with Gasteiger partial charge < -0.3 is 19.9 Å². The molecular weight excluding hydrogens is 492 g/mol. The van der Waals surface area contributed by atoms with Crippen LogP contribution in [0.25, 0.3) is 10.9 Å². The van der Waals surface area contributed by atoms with Gasteiger partial charge in [0, 0.05) is 29.3 Å². The monoisotopic (exact) mass is 520 g/mol. The predicted molar refractivity (Wildman–Crippen MR) is 146 cm³/mol. The minimum Gasteiger partial charge on any atom is -0.508 e. The SMILES string of the molecule is CCCC(=O)c1cnc2c(COC(=O)c3ccc(OC)cc3)cccc2c1Nc1ccc(O)cc1C.Cl. The Hall–Kier alpha value is -4.10. The van der Waals surface area contributed by atoms with Crippen LogP contribution in [0, 0.1) is 6.92 Å². The maximum Gasteiger partial charge on any atom is 0.338 e. The molecule has 192 valence electrons. The number of phenolic OH excluding ortho intramolecular Hbond substituents is 1. The van der Waals surface area contributed by atoms with Crippen LogP contribution >= 0.6 is 12.4 Å². The molecule has 1 aromatic heterocycles. The number of Topliss-reactive ketones (excluding diaryl/α,β-unsaturated/α-hetero) is 1. The number of phenols is 1. The fraction of sp³-hybridized carbons (Fsp3) is 0.207. The number of aromatic nitrogens is 1. The van der Waals surface area contributed by atoms with Crippen molar-refractivity contribution in [3.8, 4) is 11.5 Å². The summed E-state index contributed by atoms with van der Waals surface area (Å²) in [6.45, 7) is 3.86. The summed E-state index contributed by atoms with van der Waals surface area (Å²) in [6, 6.07) is 17.3. The number of benzene rings is 3. The van der Waals surface area contributed by atoms with E-state index in [9.17, 15) is 14.7 Å². The van der Waals surface area contributed by atoms with Crippen molar-refractivity contribution in [2.75, 3.05) is 12.4 Å². The molecule has 4 aromatic rings. The number of anilines is 2. The molecule has 3 aromatic carbocycles. The Labute approximate surface area is 221 Å². The molecule has 37 heavy (non-hydrogen) atoms. The van der Waals surface area contributed by atoms with Crippen LogP contribution in [-0.4, -0.2) is 29.0 Å². The number of esters is 1. The van der Waals surface area contributed by atoms with E-state index in [1.165, 1.54) is 0 Å². The van der Waals surface area contributed by atoms with E-state index in [0.29, 0.717) is 40.1 Å². The Balaban J connectivity index is 0.00000380. The number of para-hydroxylation sites is 1. The Morgan fingerprint density at radius 3 is 2.49 bits per heavy atom. The number of pyridine rings is 1. The quantitative estimate of drug-likeness (QED) is 0.143. The van der Waals surface area contributed by atoms with Gasteiger partial charge in [-0.2, -0.15) is 0 Å². The average Bonchev–Trinajstić information content (AvgIpc) is 2.89. The predicted octanol–water partition coefficient (Wildman–Crippen LogP) is 6.76. The van der Waals surface area contributed by atoms with Crippen molar-refractivity contribution in [1.29, 1.82) is 0 Å². The summed E-state index contributed by atoms with van der Waals surface area (Å²) in [7, 11) is 1.56. The summed E-state index contributed by atoms with van der Waals surface area (Å²) in [6.07, 6.45) is 2.69. The molecular formula is C29H29ClN2O5. The average molecular weight is 521 g/mol. The highest BCUT2D eigenvalue weighted by Gasteiger charge is 2.18. The Morgan fingerprint density at radius 2 is 1.81 bits per heavy atom. The maximum absolute atomic E-state index is 12.9. The van der Waals surface area contributed by atoms with Crippen molar-refractivity contribution in [2.24, 2.45) is 0 Å². The van der Waals surface area contributed by atoms with Gasteiger partial charge in [0.2, 0.25) is 0 Å². The molecule has 0 aliphatic carbocycles. The van der Waals surface area contributed by atoms with Crippen molar-refractivity contribution in [3.63, 3.8) is 0 Å². The molecule has 0 aliphatic rings.